The van der Waals surface area contributed by atoms with E-state index in [1.165, 1.54) is 0 Å². The lowest BCUT2D eigenvalue weighted by Crippen LogP contribution is -2.41. The van der Waals surface area contributed by atoms with Gasteiger partial charge in [-0.05, 0) is 40.9 Å². The van der Waals surface area contributed by atoms with Crippen molar-refractivity contribution in [1.82, 2.24) is 30.5 Å². The third kappa shape index (κ3) is 4.39. The van der Waals surface area contributed by atoms with Crippen LogP contribution in [0.4, 0.5) is 5.82 Å². The molecular weight excluding hydrogens is 450 g/mol. The monoisotopic (exact) mass is 471 g/mol. The van der Waals surface area contributed by atoms with Crippen molar-refractivity contribution in [3.8, 4) is 11.4 Å². The van der Waals surface area contributed by atoms with E-state index in [1.807, 2.05) is 36.6 Å². The summed E-state index contributed by atoms with van der Waals surface area (Å²) in [6.07, 6.45) is 5.42. The van der Waals surface area contributed by atoms with Gasteiger partial charge in [-0.1, -0.05) is 30.9 Å². The fourth-order valence-corrected chi connectivity index (χ4v) is 4.56. The Kier molecular flexibility index (Phi) is 6.03. The number of hydrogen-bond donors (Lipinski definition) is 2. The van der Waals surface area contributed by atoms with E-state index in [1.54, 1.807) is 22.3 Å². The molecule has 4 heterocycles. The summed E-state index contributed by atoms with van der Waals surface area (Å²) in [7, 11) is 0. The lowest BCUT2D eigenvalue weighted by atomic mass is 10.1. The minimum absolute atomic E-state index is 0.0218. The van der Waals surface area contributed by atoms with Crippen LogP contribution < -0.4 is 5.32 Å². The van der Waals surface area contributed by atoms with Crippen LogP contribution >= 0.6 is 11.3 Å². The zero-order chi connectivity index (χ0) is 23.5. The van der Waals surface area contributed by atoms with Crippen LogP contribution in [0.1, 0.15) is 6.92 Å². The van der Waals surface area contributed by atoms with Crippen LogP contribution in [0.2, 0.25) is 0 Å². The molecule has 4 aromatic rings. The topological polar surface area (TPSA) is 109 Å². The number of nitrogens with one attached hydrogen (secondary N) is 2. The number of amides is 1. The molecule has 9 nitrogen and oxygen atoms in total. The normalized spacial score (nSPS) is 14.6. The Morgan fingerprint density at radius 1 is 1.35 bits per heavy atom. The van der Waals surface area contributed by atoms with Crippen LogP contribution in [-0.4, -0.2) is 62.7 Å². The maximum absolute atomic E-state index is 12.5. The number of rotatable bonds is 6. The van der Waals surface area contributed by atoms with E-state index in [4.69, 9.17) is 9.72 Å². The van der Waals surface area contributed by atoms with E-state index in [0.717, 1.165) is 21.0 Å². The number of H-pyrrole nitrogens is 1. The zero-order valence-corrected chi connectivity index (χ0v) is 19.3. The Hall–Kier alpha value is -4.07. The molecule has 1 fully saturated rings. The molecule has 34 heavy (non-hydrogen) atoms. The highest BCUT2D eigenvalue weighted by Gasteiger charge is 2.17. The number of aromatic amines is 1. The van der Waals surface area contributed by atoms with Crippen LogP contribution in [0.15, 0.2) is 53.6 Å². The van der Waals surface area contributed by atoms with Crippen molar-refractivity contribution in [1.29, 1.82) is 0 Å². The number of carbonyl (C=O) groups is 1. The van der Waals surface area contributed by atoms with Gasteiger partial charge < -0.3 is 15.0 Å². The number of nitrogens with zero attached hydrogens (tertiary/aromatic N) is 5. The van der Waals surface area contributed by atoms with Crippen molar-refractivity contribution in [3.63, 3.8) is 0 Å². The molecule has 0 atom stereocenters. The van der Waals surface area contributed by atoms with Crippen molar-refractivity contribution < 1.29 is 9.53 Å². The Bertz CT molecular complexity index is 1420. The molecule has 0 saturated carbocycles. The molecule has 0 radical (unpaired) electrons. The minimum atomic E-state index is 0.0218. The van der Waals surface area contributed by atoms with E-state index in [-0.39, 0.29) is 5.91 Å². The summed E-state index contributed by atoms with van der Waals surface area (Å²) in [5.74, 6) is 1.21. The van der Waals surface area contributed by atoms with Crippen LogP contribution in [0, 0.1) is 12.1 Å². The summed E-state index contributed by atoms with van der Waals surface area (Å²) in [5, 5.41) is 21.1. The van der Waals surface area contributed by atoms with Gasteiger partial charge in [0.2, 0.25) is 5.91 Å². The van der Waals surface area contributed by atoms with Crippen molar-refractivity contribution in [2.75, 3.05) is 31.6 Å². The number of allylic oxidation sites excluding steroid dienone is 3. The number of ether oxygens (including phenoxy) is 1. The van der Waals surface area contributed by atoms with Crippen LogP contribution in [-0.2, 0) is 9.53 Å². The van der Waals surface area contributed by atoms with Gasteiger partial charge in [-0.15, -0.1) is 16.4 Å². The largest absolute Gasteiger partial charge is 0.378 e. The van der Waals surface area contributed by atoms with Gasteiger partial charge in [-0.2, -0.15) is 0 Å². The Balaban J connectivity index is 1.36. The molecule has 0 bridgehead atoms. The first-order chi connectivity index (χ1) is 16.6. The molecule has 1 saturated heterocycles. The molecule has 10 heteroatoms. The predicted octanol–water partition coefficient (Wildman–Crippen LogP) is 3.52. The van der Waals surface area contributed by atoms with E-state index in [0.29, 0.717) is 54.8 Å². The van der Waals surface area contributed by atoms with Gasteiger partial charge in [0.1, 0.15) is 5.82 Å². The minimum Gasteiger partial charge on any atom is -0.378 e. The van der Waals surface area contributed by atoms with Crippen molar-refractivity contribution >= 4 is 44.1 Å². The van der Waals surface area contributed by atoms with Crippen molar-refractivity contribution in [2.24, 2.45) is 0 Å². The number of thiophene rings is 1. The number of tetrazole rings is 1. The molecule has 170 valence electrons. The first-order valence-corrected chi connectivity index (χ1v) is 11.5. The maximum atomic E-state index is 12.5. The Labute approximate surface area is 199 Å². The molecule has 1 aromatic carbocycles. The van der Waals surface area contributed by atoms with E-state index >= 15 is 0 Å². The van der Waals surface area contributed by atoms with Crippen LogP contribution in [0.5, 0.6) is 0 Å². The van der Waals surface area contributed by atoms with Gasteiger partial charge in [-0.3, -0.25) is 4.79 Å². The van der Waals surface area contributed by atoms with Gasteiger partial charge in [0.05, 0.1) is 34.4 Å². The van der Waals surface area contributed by atoms with Crippen molar-refractivity contribution in [3.05, 3.63) is 65.7 Å². The summed E-state index contributed by atoms with van der Waals surface area (Å²) in [6.45, 7) is 8.31. The molecule has 0 aliphatic carbocycles. The quantitative estimate of drug-likeness (QED) is 0.327. The summed E-state index contributed by atoms with van der Waals surface area (Å²) < 4.78 is 6.36. The number of morpholine rings is 1. The Morgan fingerprint density at radius 2 is 2.21 bits per heavy atom. The molecular formula is C24H21N7O2S. The number of hydrogen-bond acceptors (Lipinski definition) is 8. The predicted molar refractivity (Wildman–Crippen MR) is 131 cm³/mol. The van der Waals surface area contributed by atoms with E-state index < -0.39 is 0 Å². The second kappa shape index (κ2) is 9.43. The first kappa shape index (κ1) is 21.8. The lowest BCUT2D eigenvalue weighted by molar-refractivity contribution is -0.131. The molecule has 3 aromatic heterocycles. The summed E-state index contributed by atoms with van der Waals surface area (Å²) in [6, 6.07) is 10.2. The molecule has 1 amide bonds. The molecule has 0 unspecified atom stereocenters. The molecule has 5 rings (SSSR count). The fourth-order valence-electron chi connectivity index (χ4n) is 3.66. The molecule has 0 spiro atoms. The number of fused-ring (bicyclic) bond motifs is 3. The van der Waals surface area contributed by atoms with Crippen molar-refractivity contribution in [2.45, 2.75) is 6.92 Å². The third-order valence-corrected chi connectivity index (χ3v) is 6.33. The fraction of sp³-hybridized carbons (Fsp3) is 0.208. The standard InChI is InChI=1S/C24H21N7O2S/c1-15(24(32)31-9-11-33-12-10-31)4-3-5-16(2)25-23-19-8-13-34-21(19)18-7-6-17(14-20(18)26-23)22-27-29-30-28-22/h3-5,8,13-14H,2,9-12H2,1H3,(H,25,26)(H,27,28,29,30)/b5-3-,15-4+. The van der Waals surface area contributed by atoms with Crippen LogP contribution in [0.3, 0.4) is 0 Å². The second-order valence-corrected chi connectivity index (χ2v) is 8.62. The molecule has 2 N–H and O–H groups in total. The highest BCUT2D eigenvalue weighted by molar-refractivity contribution is 7.18. The smallest absolute Gasteiger partial charge is 0.249 e. The Morgan fingerprint density at radius 3 is 3.00 bits per heavy atom. The van der Waals surface area contributed by atoms with E-state index in [2.05, 4.69) is 44.7 Å². The highest BCUT2D eigenvalue weighted by Crippen LogP contribution is 2.34. The van der Waals surface area contributed by atoms with Crippen LogP contribution in [0.25, 0.3) is 32.4 Å². The second-order valence-electron chi connectivity index (χ2n) is 7.71. The summed E-state index contributed by atoms with van der Waals surface area (Å²) >= 11 is 1.61. The van der Waals surface area contributed by atoms with Gasteiger partial charge in [0.15, 0.2) is 5.82 Å². The maximum Gasteiger partial charge on any atom is 0.249 e. The number of pyridine rings is 1. The third-order valence-electron chi connectivity index (χ3n) is 5.40. The highest BCUT2D eigenvalue weighted by atomic mass is 32.1. The van der Waals surface area contributed by atoms with Gasteiger partial charge in [0.25, 0.3) is 0 Å². The number of aromatic nitrogens is 5. The van der Waals surface area contributed by atoms with Gasteiger partial charge >= 0.3 is 0 Å². The first-order valence-electron chi connectivity index (χ1n) is 10.7. The van der Waals surface area contributed by atoms with E-state index in [9.17, 15) is 4.79 Å². The van der Waals surface area contributed by atoms with Gasteiger partial charge in [0, 0.05) is 29.7 Å². The lowest BCUT2D eigenvalue weighted by Gasteiger charge is -2.27. The zero-order valence-electron chi connectivity index (χ0n) is 18.5. The van der Waals surface area contributed by atoms with Gasteiger partial charge in [-0.25, -0.2) is 10.1 Å². The number of carbonyl (C=O) groups excluding carboxylic acids is 1. The average Bonchev–Trinajstić information content (AvgIpc) is 3.56. The number of anilines is 1. The average molecular weight is 472 g/mol. The molecule has 1 aliphatic heterocycles. The summed E-state index contributed by atoms with van der Waals surface area (Å²) in [5.41, 5.74) is 2.73. The summed E-state index contributed by atoms with van der Waals surface area (Å²) in [4.78, 5) is 19.1. The SMILES string of the molecule is C=C(/C=C\C=C(/C)C(=O)N1CCOCC1)Nc1nc2cc(-c3nnn[nH]3)c#cc2c2sccc12. The molecule has 1 aliphatic rings.